The van der Waals surface area contributed by atoms with Gasteiger partial charge >= 0.3 is 0 Å². The molecule has 0 spiro atoms. The molecular weight excluding hydrogens is 210 g/mol. The Morgan fingerprint density at radius 1 is 1.50 bits per heavy atom. The molecule has 0 aliphatic carbocycles. The number of carbonyl (C=O) groups excluding carboxylic acids is 1. The molecule has 16 heavy (non-hydrogen) atoms. The van der Waals surface area contributed by atoms with Crippen molar-refractivity contribution in [3.05, 3.63) is 0 Å². The molecule has 0 aromatic heterocycles. The molecule has 4 N–H and O–H groups in total. The summed E-state index contributed by atoms with van der Waals surface area (Å²) in [5.41, 5.74) is 4.43. The third-order valence-corrected chi connectivity index (χ3v) is 2.38. The molecule has 0 heterocycles. The molecule has 0 saturated carbocycles. The summed E-state index contributed by atoms with van der Waals surface area (Å²) < 4.78 is 4.89. The van der Waals surface area contributed by atoms with E-state index in [0.717, 1.165) is 12.8 Å². The fourth-order valence-corrected chi connectivity index (χ4v) is 1.04. The van der Waals surface area contributed by atoms with Gasteiger partial charge in [0.25, 0.3) is 0 Å². The lowest BCUT2D eigenvalue weighted by molar-refractivity contribution is -0.126. The quantitative estimate of drug-likeness (QED) is 0.193. The van der Waals surface area contributed by atoms with Gasteiger partial charge in [0.1, 0.15) is 5.41 Å². The summed E-state index contributed by atoms with van der Waals surface area (Å²) in [5.74, 6) is -0.345. The number of amides is 1. The van der Waals surface area contributed by atoms with E-state index in [4.69, 9.17) is 15.7 Å². The summed E-state index contributed by atoms with van der Waals surface area (Å²) in [7, 11) is 1.64. The Bertz CT molecular complexity index is 252. The molecule has 0 aliphatic rings. The molecular formula is C10H21N3O3. The topological polar surface area (TPSA) is 96.9 Å². The van der Waals surface area contributed by atoms with Gasteiger partial charge in [-0.25, -0.2) is 0 Å². The first-order valence-electron chi connectivity index (χ1n) is 5.22. The van der Waals surface area contributed by atoms with Crippen LogP contribution in [-0.2, 0) is 9.53 Å². The van der Waals surface area contributed by atoms with E-state index in [2.05, 4.69) is 10.5 Å². The molecule has 0 fully saturated rings. The van der Waals surface area contributed by atoms with E-state index in [1.807, 2.05) is 0 Å². The predicted molar refractivity (Wildman–Crippen MR) is 61.3 cm³/mol. The lowest BCUT2D eigenvalue weighted by atomic mass is 9.91. The van der Waals surface area contributed by atoms with Gasteiger partial charge in [-0.2, -0.15) is 0 Å². The first-order valence-corrected chi connectivity index (χ1v) is 5.22. The third kappa shape index (κ3) is 4.48. The van der Waals surface area contributed by atoms with E-state index in [-0.39, 0.29) is 11.7 Å². The minimum Gasteiger partial charge on any atom is -0.409 e. The van der Waals surface area contributed by atoms with Crippen LogP contribution in [0.15, 0.2) is 5.16 Å². The Morgan fingerprint density at radius 2 is 2.12 bits per heavy atom. The van der Waals surface area contributed by atoms with Crippen molar-refractivity contribution >= 4 is 11.7 Å². The molecule has 0 aromatic rings. The summed E-state index contributed by atoms with van der Waals surface area (Å²) >= 11 is 0. The molecule has 0 aliphatic heterocycles. The number of rotatable bonds is 7. The number of hydrogen-bond donors (Lipinski definition) is 3. The molecule has 6 heteroatoms. The number of hydrogen-bond acceptors (Lipinski definition) is 4. The molecule has 0 radical (unpaired) electrons. The Labute approximate surface area is 95.8 Å². The number of amidine groups is 1. The van der Waals surface area contributed by atoms with Crippen LogP contribution in [0.3, 0.4) is 0 Å². The van der Waals surface area contributed by atoms with Gasteiger partial charge in [0, 0.05) is 20.3 Å². The monoisotopic (exact) mass is 231 g/mol. The largest absolute Gasteiger partial charge is 0.409 e. The summed E-state index contributed by atoms with van der Waals surface area (Å²) in [6, 6.07) is 0. The maximum atomic E-state index is 11.7. The van der Waals surface area contributed by atoms with Crippen molar-refractivity contribution < 1.29 is 14.7 Å². The van der Waals surface area contributed by atoms with E-state index in [9.17, 15) is 4.79 Å². The van der Waals surface area contributed by atoms with Crippen molar-refractivity contribution in [3.8, 4) is 0 Å². The maximum absolute atomic E-state index is 11.7. The van der Waals surface area contributed by atoms with E-state index in [0.29, 0.717) is 13.2 Å². The Morgan fingerprint density at radius 3 is 2.62 bits per heavy atom. The van der Waals surface area contributed by atoms with Gasteiger partial charge in [-0.1, -0.05) is 5.16 Å². The first-order chi connectivity index (χ1) is 7.46. The number of nitrogens with zero attached hydrogens (tertiary/aromatic N) is 1. The van der Waals surface area contributed by atoms with E-state index in [1.54, 1.807) is 21.0 Å². The van der Waals surface area contributed by atoms with Crippen LogP contribution < -0.4 is 11.1 Å². The number of nitrogens with one attached hydrogen (secondary N) is 1. The Kier molecular flexibility index (Phi) is 6.48. The van der Waals surface area contributed by atoms with Crippen molar-refractivity contribution in [2.45, 2.75) is 26.7 Å². The van der Waals surface area contributed by atoms with Gasteiger partial charge in [-0.05, 0) is 26.7 Å². The number of methoxy groups -OCH3 is 1. The van der Waals surface area contributed by atoms with Crippen LogP contribution in [-0.4, -0.2) is 37.2 Å². The molecule has 0 unspecified atom stereocenters. The molecule has 0 atom stereocenters. The smallest absolute Gasteiger partial charge is 0.233 e. The molecule has 0 rings (SSSR count). The van der Waals surface area contributed by atoms with E-state index < -0.39 is 5.41 Å². The predicted octanol–water partition coefficient (Wildman–Crippen LogP) is 0.302. The van der Waals surface area contributed by atoms with Crippen LogP contribution in [0.25, 0.3) is 0 Å². The first kappa shape index (κ1) is 14.7. The van der Waals surface area contributed by atoms with Gasteiger partial charge in [0.15, 0.2) is 5.84 Å². The van der Waals surface area contributed by atoms with Crippen LogP contribution in [0.4, 0.5) is 0 Å². The van der Waals surface area contributed by atoms with E-state index >= 15 is 0 Å². The van der Waals surface area contributed by atoms with Crippen LogP contribution in [0.1, 0.15) is 26.7 Å². The van der Waals surface area contributed by atoms with E-state index in [1.165, 1.54) is 0 Å². The average molecular weight is 231 g/mol. The van der Waals surface area contributed by atoms with Crippen molar-refractivity contribution in [1.29, 1.82) is 0 Å². The lowest BCUT2D eigenvalue weighted by Crippen LogP contribution is -2.46. The standard InChI is InChI=1S/C10H21N3O3/c1-10(2,8(11)13-15)9(14)12-6-4-5-7-16-3/h15H,4-7H2,1-3H3,(H2,11,13)(H,12,14). The summed E-state index contributed by atoms with van der Waals surface area (Å²) in [4.78, 5) is 11.7. The molecule has 1 amide bonds. The van der Waals surface area contributed by atoms with Gasteiger partial charge in [-0.15, -0.1) is 0 Å². The second-order valence-corrected chi connectivity index (χ2v) is 4.07. The molecule has 0 bridgehead atoms. The normalized spacial score (nSPS) is 12.6. The summed E-state index contributed by atoms with van der Waals surface area (Å²) in [6.45, 7) is 4.45. The van der Waals surface area contributed by atoms with Gasteiger partial charge in [0.2, 0.25) is 5.91 Å². The van der Waals surface area contributed by atoms with Crippen LogP contribution in [0, 0.1) is 5.41 Å². The highest BCUT2D eigenvalue weighted by Crippen LogP contribution is 2.14. The zero-order valence-corrected chi connectivity index (χ0v) is 10.1. The highest BCUT2D eigenvalue weighted by atomic mass is 16.5. The van der Waals surface area contributed by atoms with Gasteiger partial charge < -0.3 is 21.0 Å². The molecule has 0 saturated heterocycles. The SMILES string of the molecule is COCCCCNC(=O)C(C)(C)C(N)=NO. The van der Waals surface area contributed by atoms with Gasteiger partial charge in [-0.3, -0.25) is 4.79 Å². The number of nitrogens with two attached hydrogens (primary N) is 1. The zero-order chi connectivity index (χ0) is 12.6. The second kappa shape index (κ2) is 7.05. The van der Waals surface area contributed by atoms with Crippen LogP contribution in [0.5, 0.6) is 0 Å². The Balaban J connectivity index is 3.97. The third-order valence-electron chi connectivity index (χ3n) is 2.38. The molecule has 6 nitrogen and oxygen atoms in total. The van der Waals surface area contributed by atoms with Gasteiger partial charge in [0.05, 0.1) is 0 Å². The van der Waals surface area contributed by atoms with Crippen LogP contribution >= 0.6 is 0 Å². The number of unbranched alkanes of at least 4 members (excludes halogenated alkanes) is 1. The molecule has 0 aromatic carbocycles. The molecule has 94 valence electrons. The van der Waals surface area contributed by atoms with Crippen molar-refractivity contribution in [2.75, 3.05) is 20.3 Å². The average Bonchev–Trinajstić information content (AvgIpc) is 2.27. The minimum absolute atomic E-state index is 0.0955. The van der Waals surface area contributed by atoms with Crippen molar-refractivity contribution in [2.24, 2.45) is 16.3 Å². The summed E-state index contributed by atoms with van der Waals surface area (Å²) in [6.07, 6.45) is 1.73. The van der Waals surface area contributed by atoms with Crippen molar-refractivity contribution in [1.82, 2.24) is 5.32 Å². The number of carbonyl (C=O) groups is 1. The van der Waals surface area contributed by atoms with Crippen LogP contribution in [0.2, 0.25) is 0 Å². The minimum atomic E-state index is -0.990. The highest BCUT2D eigenvalue weighted by Gasteiger charge is 2.32. The maximum Gasteiger partial charge on any atom is 0.233 e. The lowest BCUT2D eigenvalue weighted by Gasteiger charge is -2.21. The van der Waals surface area contributed by atoms with Crippen molar-refractivity contribution in [3.63, 3.8) is 0 Å². The fraction of sp³-hybridized carbons (Fsp3) is 0.800. The Hall–Kier alpha value is -1.30. The fourth-order valence-electron chi connectivity index (χ4n) is 1.04. The summed E-state index contributed by atoms with van der Waals surface area (Å²) in [5, 5.41) is 14.1. The zero-order valence-electron chi connectivity index (χ0n) is 10.1. The second-order valence-electron chi connectivity index (χ2n) is 4.07. The highest BCUT2D eigenvalue weighted by molar-refractivity contribution is 6.05. The number of ether oxygens (including phenoxy) is 1. The number of oxime groups is 1.